The summed E-state index contributed by atoms with van der Waals surface area (Å²) in [6.07, 6.45) is 0.914. The number of hydrogen-bond donors (Lipinski definition) is 0. The van der Waals surface area contributed by atoms with Gasteiger partial charge in [0, 0.05) is 5.92 Å². The Bertz CT molecular complexity index is 450. The summed E-state index contributed by atoms with van der Waals surface area (Å²) in [5.74, 6) is 0.534. The van der Waals surface area contributed by atoms with Gasteiger partial charge in [-0.2, -0.15) is 0 Å². The van der Waals surface area contributed by atoms with E-state index in [1.54, 1.807) is 0 Å². The van der Waals surface area contributed by atoms with Crippen molar-refractivity contribution in [3.05, 3.63) is 71.8 Å². The molecule has 0 saturated heterocycles. The van der Waals surface area contributed by atoms with E-state index < -0.39 is 0 Å². The van der Waals surface area contributed by atoms with E-state index in [2.05, 4.69) is 43.3 Å². The summed E-state index contributed by atoms with van der Waals surface area (Å²) in [6, 6.07) is 20.5. The first-order chi connectivity index (χ1) is 8.81. The van der Waals surface area contributed by atoms with Gasteiger partial charge in [-0.15, -0.1) is 0 Å². The van der Waals surface area contributed by atoms with E-state index in [4.69, 9.17) is 0 Å². The summed E-state index contributed by atoms with van der Waals surface area (Å²) < 4.78 is 0. The molecule has 2 aromatic rings. The molecule has 2 aromatic carbocycles. The van der Waals surface area contributed by atoms with E-state index in [0.29, 0.717) is 5.92 Å². The van der Waals surface area contributed by atoms with Crippen LogP contribution in [-0.4, -0.2) is 6.61 Å². The van der Waals surface area contributed by atoms with Crippen LogP contribution in [0.5, 0.6) is 0 Å². The summed E-state index contributed by atoms with van der Waals surface area (Å²) in [7, 11) is 0. The highest BCUT2D eigenvalue weighted by atomic mass is 16.3. The monoisotopic (exact) mass is 239 g/mol. The second-order valence-electron chi connectivity index (χ2n) is 4.82. The van der Waals surface area contributed by atoms with Gasteiger partial charge in [-0.1, -0.05) is 67.6 Å². The van der Waals surface area contributed by atoms with Gasteiger partial charge in [0.15, 0.2) is 0 Å². The first kappa shape index (κ1) is 12.8. The van der Waals surface area contributed by atoms with Gasteiger partial charge in [0.2, 0.25) is 0 Å². The predicted molar refractivity (Wildman–Crippen MR) is 74.2 cm³/mol. The summed E-state index contributed by atoms with van der Waals surface area (Å²) in [4.78, 5) is 0. The van der Waals surface area contributed by atoms with E-state index in [1.807, 2.05) is 24.3 Å². The van der Waals surface area contributed by atoms with Crippen molar-refractivity contribution in [1.82, 2.24) is 0 Å². The van der Waals surface area contributed by atoms with Crippen LogP contribution in [-0.2, 0) is 5.11 Å². The Hall–Kier alpha value is -1.60. The minimum atomic E-state index is -0.0405. The van der Waals surface area contributed by atoms with Crippen LogP contribution >= 0.6 is 0 Å². The molecular formula is C17H19O. The fourth-order valence-corrected chi connectivity index (χ4v) is 2.37. The molecule has 0 aliphatic carbocycles. The molecule has 2 unspecified atom stereocenters. The van der Waals surface area contributed by atoms with Gasteiger partial charge in [0.1, 0.15) is 0 Å². The van der Waals surface area contributed by atoms with Crippen LogP contribution in [0.4, 0.5) is 0 Å². The minimum Gasteiger partial charge on any atom is -0.236 e. The van der Waals surface area contributed by atoms with Gasteiger partial charge in [0.05, 0.1) is 6.61 Å². The Labute approximate surface area is 109 Å². The van der Waals surface area contributed by atoms with Crippen LogP contribution in [0, 0.1) is 0 Å². The van der Waals surface area contributed by atoms with Gasteiger partial charge in [-0.25, -0.2) is 5.11 Å². The molecule has 93 valence electrons. The third-order valence-electron chi connectivity index (χ3n) is 3.48. The van der Waals surface area contributed by atoms with Crippen LogP contribution in [0.1, 0.15) is 36.3 Å². The molecule has 1 nitrogen and oxygen atoms in total. The zero-order chi connectivity index (χ0) is 12.8. The third kappa shape index (κ3) is 3.21. The molecule has 0 aromatic heterocycles. The summed E-state index contributed by atoms with van der Waals surface area (Å²) in [5.41, 5.74) is 2.47. The fraction of sp³-hybridized carbons (Fsp3) is 0.294. The smallest absolute Gasteiger partial charge is 0.0891 e. The molecule has 2 atom stereocenters. The summed E-state index contributed by atoms with van der Waals surface area (Å²) in [6.45, 7) is 2.15. The molecular weight excluding hydrogens is 220 g/mol. The van der Waals surface area contributed by atoms with E-state index in [0.717, 1.165) is 12.0 Å². The van der Waals surface area contributed by atoms with Crippen LogP contribution < -0.4 is 0 Å². The molecule has 0 fully saturated rings. The van der Waals surface area contributed by atoms with Crippen molar-refractivity contribution >= 4 is 0 Å². The van der Waals surface area contributed by atoms with Crippen LogP contribution in [0.2, 0.25) is 0 Å². The predicted octanol–water partition coefficient (Wildman–Crippen LogP) is 4.39. The van der Waals surface area contributed by atoms with Crippen molar-refractivity contribution < 1.29 is 5.11 Å². The van der Waals surface area contributed by atoms with Crippen molar-refractivity contribution in [1.29, 1.82) is 0 Å². The Morgan fingerprint density at radius 3 is 1.83 bits per heavy atom. The lowest BCUT2D eigenvalue weighted by Crippen LogP contribution is -2.07. The van der Waals surface area contributed by atoms with Gasteiger partial charge < -0.3 is 0 Å². The second kappa shape index (κ2) is 6.36. The molecule has 1 heteroatoms. The first-order valence-corrected chi connectivity index (χ1v) is 6.49. The van der Waals surface area contributed by atoms with Crippen molar-refractivity contribution in [2.75, 3.05) is 6.61 Å². The normalized spacial score (nSPS) is 14.1. The summed E-state index contributed by atoms with van der Waals surface area (Å²) in [5, 5.41) is 11.4. The lowest BCUT2D eigenvalue weighted by atomic mass is 9.86. The lowest BCUT2D eigenvalue weighted by molar-refractivity contribution is 0.166. The molecule has 1 radical (unpaired) electrons. The zero-order valence-electron chi connectivity index (χ0n) is 10.8. The molecule has 0 aliphatic heterocycles. The van der Waals surface area contributed by atoms with Gasteiger partial charge >= 0.3 is 0 Å². The molecule has 0 amide bonds. The molecule has 0 aliphatic rings. The number of hydrogen-bond acceptors (Lipinski definition) is 0. The Morgan fingerprint density at radius 2 is 1.33 bits per heavy atom. The first-order valence-electron chi connectivity index (χ1n) is 6.49. The molecule has 0 saturated carbocycles. The van der Waals surface area contributed by atoms with Crippen LogP contribution in [0.25, 0.3) is 0 Å². The van der Waals surface area contributed by atoms with E-state index >= 15 is 0 Å². The highest BCUT2D eigenvalue weighted by Crippen LogP contribution is 2.29. The van der Waals surface area contributed by atoms with Crippen LogP contribution in [0.3, 0.4) is 0 Å². The van der Waals surface area contributed by atoms with Crippen LogP contribution in [0.15, 0.2) is 60.7 Å². The van der Waals surface area contributed by atoms with Gasteiger partial charge in [0.25, 0.3) is 0 Å². The van der Waals surface area contributed by atoms with Gasteiger partial charge in [-0.3, -0.25) is 0 Å². The Morgan fingerprint density at radius 1 is 0.833 bits per heavy atom. The number of benzene rings is 2. The average Bonchev–Trinajstić information content (AvgIpc) is 2.46. The topological polar surface area (TPSA) is 19.9 Å². The molecule has 2 rings (SSSR count). The molecule has 0 N–H and O–H groups in total. The average molecular weight is 239 g/mol. The van der Waals surface area contributed by atoms with E-state index in [1.165, 1.54) is 5.56 Å². The highest BCUT2D eigenvalue weighted by molar-refractivity contribution is 5.23. The Kier molecular flexibility index (Phi) is 4.54. The maximum absolute atomic E-state index is 11.4. The standard InChI is InChI=1S/C17H19O/c1-14(15-8-4-2-5-9-15)12-17(13-18)16-10-6-3-7-11-16/h2-11,14,17H,12-13H2,1H3. The highest BCUT2D eigenvalue weighted by Gasteiger charge is 2.16. The van der Waals surface area contributed by atoms with E-state index in [-0.39, 0.29) is 12.5 Å². The van der Waals surface area contributed by atoms with Crippen molar-refractivity contribution in [3.63, 3.8) is 0 Å². The second-order valence-corrected chi connectivity index (χ2v) is 4.82. The lowest BCUT2D eigenvalue weighted by Gasteiger charge is -2.19. The quantitative estimate of drug-likeness (QED) is 0.737. The van der Waals surface area contributed by atoms with Crippen molar-refractivity contribution in [2.45, 2.75) is 25.2 Å². The maximum Gasteiger partial charge on any atom is 0.0891 e. The van der Waals surface area contributed by atoms with E-state index in [9.17, 15) is 5.11 Å². The Balaban J connectivity index is 2.07. The molecule has 18 heavy (non-hydrogen) atoms. The third-order valence-corrected chi connectivity index (χ3v) is 3.48. The van der Waals surface area contributed by atoms with Gasteiger partial charge in [-0.05, 0) is 23.5 Å². The molecule has 0 heterocycles. The fourth-order valence-electron chi connectivity index (χ4n) is 2.37. The molecule has 0 spiro atoms. The SMILES string of the molecule is CC(CC(C[O])c1ccccc1)c1ccccc1. The molecule has 0 bridgehead atoms. The number of rotatable bonds is 5. The largest absolute Gasteiger partial charge is 0.236 e. The zero-order valence-corrected chi connectivity index (χ0v) is 10.8. The summed E-state index contributed by atoms with van der Waals surface area (Å²) >= 11 is 0. The minimum absolute atomic E-state index is 0.0405. The van der Waals surface area contributed by atoms with Crippen molar-refractivity contribution in [2.24, 2.45) is 0 Å². The van der Waals surface area contributed by atoms with Crippen molar-refractivity contribution in [3.8, 4) is 0 Å². The maximum atomic E-state index is 11.4.